The maximum Gasteiger partial charge on any atom is 0.371 e. The molecule has 1 N–H and O–H groups in total. The van der Waals surface area contributed by atoms with Gasteiger partial charge in [0.1, 0.15) is 0 Å². The highest BCUT2D eigenvalue weighted by atomic mass is 16.4. The molecule has 0 amide bonds. The molecule has 0 fully saturated rings. The largest absolute Gasteiger partial charge is 0.475 e. The summed E-state index contributed by atoms with van der Waals surface area (Å²) in [6.07, 6.45) is 2.19. The van der Waals surface area contributed by atoms with Gasteiger partial charge in [0.25, 0.3) is 0 Å². The first-order valence-corrected chi connectivity index (χ1v) is 5.27. The molecular weight excluding hydrogens is 194 g/mol. The highest BCUT2D eigenvalue weighted by molar-refractivity contribution is 5.84. The molecule has 15 heavy (non-hydrogen) atoms. The number of carboxylic acid groups (broad SMARTS) is 1. The molecule has 0 unspecified atom stereocenters. The molecule has 0 atom stereocenters. The Morgan fingerprint density at radius 2 is 2.20 bits per heavy atom. The van der Waals surface area contributed by atoms with Crippen molar-refractivity contribution in [2.75, 3.05) is 18.0 Å². The highest BCUT2D eigenvalue weighted by Crippen LogP contribution is 2.18. The Morgan fingerprint density at radius 3 is 2.67 bits per heavy atom. The van der Waals surface area contributed by atoms with Crippen LogP contribution in [0.1, 0.15) is 37.2 Å². The van der Waals surface area contributed by atoms with Crippen LogP contribution in [0.5, 0.6) is 0 Å². The second-order valence-electron chi connectivity index (χ2n) is 3.38. The summed E-state index contributed by atoms with van der Waals surface area (Å²) < 4.78 is 5.22. The monoisotopic (exact) mass is 211 g/mol. The van der Waals surface area contributed by atoms with Gasteiger partial charge in [0, 0.05) is 19.2 Å². The summed E-state index contributed by atoms with van der Waals surface area (Å²) in [4.78, 5) is 12.7. The van der Waals surface area contributed by atoms with Crippen molar-refractivity contribution in [3.63, 3.8) is 0 Å². The maximum atomic E-state index is 10.6. The van der Waals surface area contributed by atoms with Crippen LogP contribution in [0.2, 0.25) is 0 Å². The Balaban J connectivity index is 2.69. The van der Waals surface area contributed by atoms with E-state index in [-0.39, 0.29) is 5.76 Å². The molecule has 4 nitrogen and oxygen atoms in total. The van der Waals surface area contributed by atoms with E-state index in [1.165, 1.54) is 6.07 Å². The van der Waals surface area contributed by atoms with Gasteiger partial charge in [-0.1, -0.05) is 13.3 Å². The summed E-state index contributed by atoms with van der Waals surface area (Å²) in [5.41, 5.74) is 0. The summed E-state index contributed by atoms with van der Waals surface area (Å²) in [5.74, 6) is -0.379. The standard InChI is InChI=1S/C11H17NO3/c1-3-5-8-12(4-2)10-7-6-9(15-10)11(13)14/h6-7H,3-5,8H2,1-2H3,(H,13,14). The Bertz CT molecular complexity index is 319. The van der Waals surface area contributed by atoms with Gasteiger partial charge in [-0.2, -0.15) is 0 Å². The van der Waals surface area contributed by atoms with Crippen LogP contribution in [0, 0.1) is 0 Å². The van der Waals surface area contributed by atoms with Crippen LogP contribution >= 0.6 is 0 Å². The van der Waals surface area contributed by atoms with Crippen LogP contribution in [-0.2, 0) is 0 Å². The molecule has 0 aromatic carbocycles. The third-order valence-electron chi connectivity index (χ3n) is 2.28. The normalized spacial score (nSPS) is 10.3. The van der Waals surface area contributed by atoms with E-state index in [9.17, 15) is 4.79 Å². The summed E-state index contributed by atoms with van der Waals surface area (Å²) in [6.45, 7) is 5.88. The molecule has 0 saturated carbocycles. The highest BCUT2D eigenvalue weighted by Gasteiger charge is 2.12. The molecule has 0 saturated heterocycles. The van der Waals surface area contributed by atoms with Crippen molar-refractivity contribution < 1.29 is 14.3 Å². The lowest BCUT2D eigenvalue weighted by atomic mass is 10.3. The second kappa shape index (κ2) is 5.44. The first-order valence-electron chi connectivity index (χ1n) is 5.27. The molecule has 0 radical (unpaired) electrons. The van der Waals surface area contributed by atoms with Gasteiger partial charge in [-0.05, 0) is 19.4 Å². The third-order valence-corrected chi connectivity index (χ3v) is 2.28. The Labute approximate surface area is 89.5 Å². The van der Waals surface area contributed by atoms with Crippen LogP contribution in [0.25, 0.3) is 0 Å². The van der Waals surface area contributed by atoms with E-state index in [0.717, 1.165) is 25.9 Å². The van der Waals surface area contributed by atoms with Crippen molar-refractivity contribution in [2.24, 2.45) is 0 Å². The number of carbonyl (C=O) groups is 1. The van der Waals surface area contributed by atoms with Crippen molar-refractivity contribution in [3.05, 3.63) is 17.9 Å². The fourth-order valence-corrected chi connectivity index (χ4v) is 1.39. The number of aromatic carboxylic acids is 1. The average molecular weight is 211 g/mol. The van der Waals surface area contributed by atoms with E-state index in [2.05, 4.69) is 6.92 Å². The molecule has 1 rings (SSSR count). The zero-order valence-electron chi connectivity index (χ0n) is 9.19. The smallest absolute Gasteiger partial charge is 0.371 e. The number of anilines is 1. The second-order valence-corrected chi connectivity index (χ2v) is 3.38. The van der Waals surface area contributed by atoms with Crippen molar-refractivity contribution >= 4 is 11.9 Å². The zero-order valence-corrected chi connectivity index (χ0v) is 9.19. The molecule has 4 heteroatoms. The molecule has 84 valence electrons. The lowest BCUT2D eigenvalue weighted by Crippen LogP contribution is -2.23. The Kier molecular flexibility index (Phi) is 4.21. The van der Waals surface area contributed by atoms with Crippen molar-refractivity contribution in [3.8, 4) is 0 Å². The van der Waals surface area contributed by atoms with Crippen LogP contribution in [-0.4, -0.2) is 24.2 Å². The summed E-state index contributed by atoms with van der Waals surface area (Å²) in [6, 6.07) is 3.20. The summed E-state index contributed by atoms with van der Waals surface area (Å²) in [7, 11) is 0. The van der Waals surface area contributed by atoms with E-state index in [0.29, 0.717) is 5.88 Å². The van der Waals surface area contributed by atoms with Crippen molar-refractivity contribution in [1.82, 2.24) is 0 Å². The number of furan rings is 1. The van der Waals surface area contributed by atoms with E-state index < -0.39 is 5.97 Å². The minimum Gasteiger partial charge on any atom is -0.475 e. The maximum absolute atomic E-state index is 10.6. The van der Waals surface area contributed by atoms with Gasteiger partial charge in [0.2, 0.25) is 5.76 Å². The molecule has 0 spiro atoms. The van der Waals surface area contributed by atoms with Gasteiger partial charge in [-0.3, -0.25) is 0 Å². The lowest BCUT2D eigenvalue weighted by Gasteiger charge is -2.19. The average Bonchev–Trinajstić information content (AvgIpc) is 2.68. The minimum atomic E-state index is -1.02. The summed E-state index contributed by atoms with van der Waals surface area (Å²) >= 11 is 0. The molecule has 0 aliphatic carbocycles. The molecular formula is C11H17NO3. The molecule has 0 bridgehead atoms. The van der Waals surface area contributed by atoms with Crippen molar-refractivity contribution in [1.29, 1.82) is 0 Å². The first kappa shape index (κ1) is 11.6. The number of unbranched alkanes of at least 4 members (excludes halogenated alkanes) is 1. The Hall–Kier alpha value is -1.45. The zero-order chi connectivity index (χ0) is 11.3. The van der Waals surface area contributed by atoms with Gasteiger partial charge in [-0.15, -0.1) is 0 Å². The predicted molar refractivity (Wildman–Crippen MR) is 58.5 cm³/mol. The number of hydrogen-bond donors (Lipinski definition) is 1. The lowest BCUT2D eigenvalue weighted by molar-refractivity contribution is 0.0663. The van der Waals surface area contributed by atoms with Crippen LogP contribution in [0.15, 0.2) is 16.5 Å². The van der Waals surface area contributed by atoms with Gasteiger partial charge < -0.3 is 14.4 Å². The van der Waals surface area contributed by atoms with E-state index in [4.69, 9.17) is 9.52 Å². The molecule has 1 aromatic rings. The van der Waals surface area contributed by atoms with Crippen LogP contribution in [0.3, 0.4) is 0 Å². The number of carboxylic acids is 1. The fraction of sp³-hybridized carbons (Fsp3) is 0.545. The van der Waals surface area contributed by atoms with Crippen molar-refractivity contribution in [2.45, 2.75) is 26.7 Å². The van der Waals surface area contributed by atoms with Crippen LogP contribution in [0.4, 0.5) is 5.88 Å². The number of nitrogens with zero attached hydrogens (tertiary/aromatic N) is 1. The Morgan fingerprint density at radius 1 is 1.47 bits per heavy atom. The molecule has 0 aliphatic heterocycles. The summed E-state index contributed by atoms with van der Waals surface area (Å²) in [5, 5.41) is 8.72. The molecule has 1 aromatic heterocycles. The third kappa shape index (κ3) is 3.01. The van der Waals surface area contributed by atoms with E-state index in [1.54, 1.807) is 6.07 Å². The minimum absolute atomic E-state index is 0.0000477. The van der Waals surface area contributed by atoms with Gasteiger partial charge >= 0.3 is 5.97 Å². The van der Waals surface area contributed by atoms with Gasteiger partial charge in [0.15, 0.2) is 5.88 Å². The number of rotatable bonds is 6. The van der Waals surface area contributed by atoms with E-state index in [1.807, 2.05) is 11.8 Å². The molecule has 0 aliphatic rings. The SMILES string of the molecule is CCCCN(CC)c1ccc(C(=O)O)o1. The van der Waals surface area contributed by atoms with Gasteiger partial charge in [-0.25, -0.2) is 4.79 Å². The first-order chi connectivity index (χ1) is 7.19. The van der Waals surface area contributed by atoms with Crippen LogP contribution < -0.4 is 4.90 Å². The van der Waals surface area contributed by atoms with Gasteiger partial charge in [0.05, 0.1) is 0 Å². The van der Waals surface area contributed by atoms with E-state index >= 15 is 0 Å². The topological polar surface area (TPSA) is 53.7 Å². The predicted octanol–water partition coefficient (Wildman–Crippen LogP) is 2.60. The fourth-order valence-electron chi connectivity index (χ4n) is 1.39. The molecule has 1 heterocycles. The number of hydrogen-bond acceptors (Lipinski definition) is 3. The quantitative estimate of drug-likeness (QED) is 0.785.